The molecule has 0 bridgehead atoms. The molecular weight excluding hydrogens is 314 g/mol. The Labute approximate surface area is 147 Å². The quantitative estimate of drug-likeness (QED) is 0.678. The number of carbonyl (C=O) groups excluding carboxylic acids is 3. The molecule has 25 heavy (non-hydrogen) atoms. The van der Waals surface area contributed by atoms with Crippen LogP contribution in [-0.4, -0.2) is 16.3 Å². The summed E-state index contributed by atoms with van der Waals surface area (Å²) < 4.78 is 2.06. The molecule has 4 nitrogen and oxygen atoms in total. The molecule has 3 rings (SSSR count). The van der Waals surface area contributed by atoms with E-state index in [0.29, 0.717) is 0 Å². The van der Waals surface area contributed by atoms with Crippen molar-refractivity contribution in [1.29, 1.82) is 0 Å². The molecule has 0 aliphatic rings. The largest absolute Gasteiger partial charge is 0.373 e. The summed E-state index contributed by atoms with van der Waals surface area (Å²) in [6.07, 6.45) is 3.23. The summed E-state index contributed by atoms with van der Waals surface area (Å²) in [6, 6.07) is 12.0. The van der Waals surface area contributed by atoms with Crippen molar-refractivity contribution < 1.29 is 14.4 Å². The number of benzene rings is 1. The minimum atomic E-state index is 0.0831. The molecule has 0 amide bonds. The predicted octanol–water partition coefficient (Wildman–Crippen LogP) is 4.07. The van der Waals surface area contributed by atoms with Crippen LogP contribution in [-0.2, 0) is 16.0 Å². The molecule has 2 heterocycles. The smallest absolute Gasteiger partial charge is 0.313 e. The number of pyridine rings is 1. The molecule has 2 aromatic heterocycles. The molecule has 0 fully saturated rings. The summed E-state index contributed by atoms with van der Waals surface area (Å²) in [6.45, 7) is 8.34. The summed E-state index contributed by atoms with van der Waals surface area (Å²) >= 11 is 0. The summed E-state index contributed by atoms with van der Waals surface area (Å²) in [4.78, 5) is 29.2. The molecule has 0 aliphatic heterocycles. The zero-order valence-electron chi connectivity index (χ0n) is 14.9. The van der Waals surface area contributed by atoms with Crippen molar-refractivity contribution >= 4 is 17.5 Å². The number of hydrogen-bond acceptors (Lipinski definition) is 3. The maximum Gasteiger partial charge on any atom is 0.373 e. The Morgan fingerprint density at radius 3 is 2.16 bits per heavy atom. The van der Waals surface area contributed by atoms with Crippen molar-refractivity contribution in [2.24, 2.45) is 0 Å². The SMILES string of the molecule is CCc1cc(C(=O)c2ccc(C)cc2)n2cc(C)cc(C)c12.O=C=O. The number of fused-ring (bicyclic) bond motifs is 1. The van der Waals surface area contributed by atoms with Gasteiger partial charge in [-0.25, -0.2) is 0 Å². The molecule has 0 unspecified atom stereocenters. The van der Waals surface area contributed by atoms with Crippen LogP contribution < -0.4 is 0 Å². The Bertz CT molecular complexity index is 943. The first kappa shape index (κ1) is 18.4. The first-order valence-electron chi connectivity index (χ1n) is 8.14. The lowest BCUT2D eigenvalue weighted by atomic mass is 10.1. The number of rotatable bonds is 3. The maximum absolute atomic E-state index is 12.9. The molecule has 0 saturated carbocycles. The highest BCUT2D eigenvalue weighted by Crippen LogP contribution is 2.24. The molecule has 0 saturated heterocycles. The van der Waals surface area contributed by atoms with Crippen molar-refractivity contribution in [3.8, 4) is 0 Å². The van der Waals surface area contributed by atoms with Gasteiger partial charge < -0.3 is 4.40 Å². The molecule has 0 radical (unpaired) electrons. The van der Waals surface area contributed by atoms with Gasteiger partial charge in [0.05, 0.1) is 11.2 Å². The minimum absolute atomic E-state index is 0.0831. The van der Waals surface area contributed by atoms with Gasteiger partial charge in [0, 0.05) is 11.8 Å². The van der Waals surface area contributed by atoms with E-state index in [1.807, 2.05) is 37.3 Å². The Balaban J connectivity index is 0.000000701. The highest BCUT2D eigenvalue weighted by Gasteiger charge is 2.17. The third-order valence-electron chi connectivity index (χ3n) is 4.19. The van der Waals surface area contributed by atoms with E-state index in [0.717, 1.165) is 23.2 Å². The van der Waals surface area contributed by atoms with Crippen LogP contribution in [0.2, 0.25) is 0 Å². The topological polar surface area (TPSA) is 55.6 Å². The van der Waals surface area contributed by atoms with E-state index in [1.54, 1.807) is 0 Å². The molecule has 4 heteroatoms. The van der Waals surface area contributed by atoms with E-state index in [9.17, 15) is 4.79 Å². The van der Waals surface area contributed by atoms with Gasteiger partial charge in [0.2, 0.25) is 5.78 Å². The first-order chi connectivity index (χ1) is 11.9. The van der Waals surface area contributed by atoms with E-state index in [2.05, 4.69) is 37.4 Å². The van der Waals surface area contributed by atoms with Gasteiger partial charge in [-0.2, -0.15) is 9.59 Å². The Morgan fingerprint density at radius 2 is 1.60 bits per heavy atom. The highest BCUT2D eigenvalue weighted by molar-refractivity contribution is 6.09. The van der Waals surface area contributed by atoms with E-state index < -0.39 is 0 Å². The Morgan fingerprint density at radius 1 is 1.00 bits per heavy atom. The molecule has 0 N–H and O–H groups in total. The van der Waals surface area contributed by atoms with Crippen molar-refractivity contribution in [2.45, 2.75) is 34.1 Å². The van der Waals surface area contributed by atoms with Crippen LogP contribution in [0.5, 0.6) is 0 Å². The van der Waals surface area contributed by atoms with Crippen LogP contribution in [0, 0.1) is 20.8 Å². The number of aromatic nitrogens is 1. The summed E-state index contributed by atoms with van der Waals surface area (Å²) in [5.74, 6) is 0.0831. The monoisotopic (exact) mass is 335 g/mol. The first-order valence-corrected chi connectivity index (χ1v) is 8.14. The van der Waals surface area contributed by atoms with Crippen LogP contribution in [0.4, 0.5) is 0 Å². The maximum atomic E-state index is 12.9. The van der Waals surface area contributed by atoms with Crippen molar-refractivity contribution in [1.82, 2.24) is 4.40 Å². The van der Waals surface area contributed by atoms with Crippen molar-refractivity contribution in [3.05, 3.63) is 76.1 Å². The minimum Gasteiger partial charge on any atom is -0.313 e. The third kappa shape index (κ3) is 3.76. The van der Waals surface area contributed by atoms with Gasteiger partial charge in [-0.05, 0) is 49.9 Å². The standard InChI is InChI=1S/C20H21NO.CO2/c1-5-16-11-18(20(22)17-8-6-13(2)7-9-17)21-12-14(3)10-15(4)19(16)21;2-1-3/h6-12H,5H2,1-4H3;. The second kappa shape index (κ2) is 7.73. The fourth-order valence-electron chi connectivity index (χ4n) is 3.10. The van der Waals surface area contributed by atoms with Crippen LogP contribution >= 0.6 is 0 Å². The van der Waals surface area contributed by atoms with Gasteiger partial charge in [0.25, 0.3) is 0 Å². The zero-order valence-corrected chi connectivity index (χ0v) is 14.9. The van der Waals surface area contributed by atoms with E-state index in [-0.39, 0.29) is 11.9 Å². The molecule has 0 aliphatic carbocycles. The second-order valence-electron chi connectivity index (χ2n) is 6.11. The Hall–Kier alpha value is -2.97. The average molecular weight is 335 g/mol. The van der Waals surface area contributed by atoms with Crippen LogP contribution in [0.25, 0.3) is 5.52 Å². The molecule has 3 aromatic rings. The summed E-state index contributed by atoms with van der Waals surface area (Å²) in [5, 5.41) is 0. The van der Waals surface area contributed by atoms with Gasteiger partial charge >= 0.3 is 6.15 Å². The van der Waals surface area contributed by atoms with E-state index in [4.69, 9.17) is 9.59 Å². The van der Waals surface area contributed by atoms with Gasteiger partial charge in [0.1, 0.15) is 0 Å². The normalized spacial score (nSPS) is 10.1. The fraction of sp³-hybridized carbons (Fsp3) is 0.238. The lowest BCUT2D eigenvalue weighted by Crippen LogP contribution is -2.05. The number of ketones is 1. The van der Waals surface area contributed by atoms with E-state index in [1.165, 1.54) is 22.2 Å². The number of carbonyl (C=O) groups is 1. The third-order valence-corrected chi connectivity index (χ3v) is 4.19. The highest BCUT2D eigenvalue weighted by atomic mass is 16.2. The number of nitrogens with zero attached hydrogens (tertiary/aromatic N) is 1. The molecule has 1 aromatic carbocycles. The number of aryl methyl sites for hydroxylation is 4. The van der Waals surface area contributed by atoms with Crippen molar-refractivity contribution in [3.63, 3.8) is 0 Å². The summed E-state index contributed by atoms with van der Waals surface area (Å²) in [5.41, 5.74) is 7.45. The molecular formula is C21H21NO3. The molecule has 0 spiro atoms. The Kier molecular flexibility index (Phi) is 5.68. The predicted molar refractivity (Wildman–Crippen MR) is 95.9 cm³/mol. The van der Waals surface area contributed by atoms with Crippen LogP contribution in [0.3, 0.4) is 0 Å². The van der Waals surface area contributed by atoms with Gasteiger partial charge in [0.15, 0.2) is 0 Å². The lowest BCUT2D eigenvalue weighted by Gasteiger charge is -2.07. The lowest BCUT2D eigenvalue weighted by molar-refractivity contribution is -0.191. The molecule has 128 valence electrons. The van der Waals surface area contributed by atoms with Gasteiger partial charge in [-0.15, -0.1) is 0 Å². The van der Waals surface area contributed by atoms with Gasteiger partial charge in [-0.1, -0.05) is 42.8 Å². The van der Waals surface area contributed by atoms with Crippen LogP contribution in [0.15, 0.2) is 42.6 Å². The molecule has 0 atom stereocenters. The van der Waals surface area contributed by atoms with Crippen LogP contribution in [0.1, 0.15) is 45.2 Å². The number of hydrogen-bond donors (Lipinski definition) is 0. The fourth-order valence-corrected chi connectivity index (χ4v) is 3.10. The second-order valence-corrected chi connectivity index (χ2v) is 6.11. The zero-order chi connectivity index (χ0) is 18.6. The van der Waals surface area contributed by atoms with Gasteiger partial charge in [-0.3, -0.25) is 4.79 Å². The van der Waals surface area contributed by atoms with E-state index >= 15 is 0 Å². The summed E-state index contributed by atoms with van der Waals surface area (Å²) in [7, 11) is 0. The average Bonchev–Trinajstić information content (AvgIpc) is 2.94. The van der Waals surface area contributed by atoms with Crippen molar-refractivity contribution in [2.75, 3.05) is 0 Å².